The monoisotopic (exact) mass is 386 g/mol. The van der Waals surface area contributed by atoms with Crippen LogP contribution in [0.2, 0.25) is 0 Å². The fourth-order valence-corrected chi connectivity index (χ4v) is 3.65. The minimum absolute atomic E-state index is 0.0246. The van der Waals surface area contributed by atoms with Crippen LogP contribution in [0.25, 0.3) is 10.8 Å². The van der Waals surface area contributed by atoms with Crippen molar-refractivity contribution in [1.82, 2.24) is 9.88 Å². The van der Waals surface area contributed by atoms with Crippen LogP contribution in [0.15, 0.2) is 42.5 Å². The molecule has 3 rings (SSSR count). The van der Waals surface area contributed by atoms with E-state index in [0.29, 0.717) is 17.0 Å². The first-order valence-corrected chi connectivity index (χ1v) is 9.28. The summed E-state index contributed by atoms with van der Waals surface area (Å²) in [5.41, 5.74) is 2.67. The zero-order valence-electron chi connectivity index (χ0n) is 16.7. The molecule has 0 saturated heterocycles. The van der Waals surface area contributed by atoms with E-state index in [1.165, 1.54) is 0 Å². The lowest BCUT2D eigenvalue weighted by molar-refractivity contribution is -0.116. The van der Waals surface area contributed by atoms with Crippen LogP contribution < -0.4 is 5.32 Å². The quantitative estimate of drug-likeness (QED) is 0.402. The molecule has 0 bridgehead atoms. The highest BCUT2D eigenvalue weighted by Gasteiger charge is 2.28. The Morgan fingerprint density at radius 2 is 1.76 bits per heavy atom. The van der Waals surface area contributed by atoms with E-state index in [1.54, 1.807) is 25.5 Å². The Labute approximate surface area is 169 Å². The fraction of sp³-hybridized carbons (Fsp3) is 0.208. The molecule has 5 nitrogen and oxygen atoms in total. The predicted molar refractivity (Wildman–Crippen MR) is 113 cm³/mol. The van der Waals surface area contributed by atoms with Gasteiger partial charge in [0.05, 0.1) is 17.8 Å². The number of nitrogens with one attached hydrogen (secondary N) is 1. The number of fused-ring (bicyclic) bond motifs is 1. The molecule has 2 aromatic carbocycles. The summed E-state index contributed by atoms with van der Waals surface area (Å²) in [7, 11) is 1.73. The second kappa shape index (κ2) is 8.15. The van der Waals surface area contributed by atoms with E-state index in [4.69, 9.17) is 6.42 Å². The van der Waals surface area contributed by atoms with Crippen LogP contribution in [-0.4, -0.2) is 28.6 Å². The molecular formula is C24H22N2O3. The molecular weight excluding hydrogens is 364 g/mol. The average molecular weight is 386 g/mol. The highest BCUT2D eigenvalue weighted by Crippen LogP contribution is 2.24. The summed E-state index contributed by atoms with van der Waals surface area (Å²) in [4.78, 5) is 37.7. The highest BCUT2D eigenvalue weighted by molar-refractivity contribution is 6.43. The Kier molecular flexibility index (Phi) is 5.65. The normalized spacial score (nSPS) is 10.6. The van der Waals surface area contributed by atoms with Gasteiger partial charge in [0.1, 0.15) is 0 Å². The van der Waals surface area contributed by atoms with Gasteiger partial charge in [0, 0.05) is 19.2 Å². The average Bonchev–Trinajstić information content (AvgIpc) is 2.93. The third-order valence-electron chi connectivity index (χ3n) is 5.16. The van der Waals surface area contributed by atoms with Gasteiger partial charge in [-0.15, -0.1) is 6.42 Å². The Hall–Kier alpha value is -3.65. The van der Waals surface area contributed by atoms with E-state index in [2.05, 4.69) is 11.2 Å². The van der Waals surface area contributed by atoms with E-state index < -0.39 is 11.7 Å². The number of amides is 1. The van der Waals surface area contributed by atoms with E-state index in [-0.39, 0.29) is 24.3 Å². The molecule has 0 radical (unpaired) electrons. The molecule has 0 spiro atoms. The van der Waals surface area contributed by atoms with Gasteiger partial charge < -0.3 is 9.88 Å². The van der Waals surface area contributed by atoms with Crippen LogP contribution in [0.4, 0.5) is 0 Å². The number of terminal acetylenes is 1. The third-order valence-corrected chi connectivity index (χ3v) is 5.16. The zero-order chi connectivity index (χ0) is 21.1. The molecule has 0 atom stereocenters. The van der Waals surface area contributed by atoms with E-state index >= 15 is 0 Å². The summed E-state index contributed by atoms with van der Waals surface area (Å²) in [5, 5.41) is 4.56. The standard InChI is InChI=1S/C24H22N2O3/c1-5-12-25-24(29)23(28)21-15(2)22(26(4)16(21)3)20(27)14-17-10-11-18-8-6-7-9-19(18)13-17/h1,6-11,13H,12,14H2,2-4H3,(H,25,29). The summed E-state index contributed by atoms with van der Waals surface area (Å²) in [6, 6.07) is 13.9. The minimum atomic E-state index is -0.770. The van der Waals surface area contributed by atoms with Gasteiger partial charge in [-0.25, -0.2) is 0 Å². The fourth-order valence-electron chi connectivity index (χ4n) is 3.65. The summed E-state index contributed by atoms with van der Waals surface area (Å²) in [5.74, 6) is 0.706. The Bertz CT molecular complexity index is 1180. The van der Waals surface area contributed by atoms with Crippen LogP contribution in [0.3, 0.4) is 0 Å². The van der Waals surface area contributed by atoms with Crippen LogP contribution in [0, 0.1) is 26.2 Å². The number of benzene rings is 2. The van der Waals surface area contributed by atoms with Crippen molar-refractivity contribution in [3.8, 4) is 12.3 Å². The maximum Gasteiger partial charge on any atom is 0.293 e. The highest BCUT2D eigenvalue weighted by atomic mass is 16.2. The van der Waals surface area contributed by atoms with Crippen LogP contribution >= 0.6 is 0 Å². The summed E-state index contributed by atoms with van der Waals surface area (Å²) >= 11 is 0. The molecule has 1 N–H and O–H groups in total. The molecule has 0 aliphatic carbocycles. The molecule has 1 aromatic heterocycles. The van der Waals surface area contributed by atoms with Crippen molar-refractivity contribution in [3.05, 3.63) is 70.5 Å². The second-order valence-electron chi connectivity index (χ2n) is 6.99. The van der Waals surface area contributed by atoms with Crippen molar-refractivity contribution in [2.24, 2.45) is 7.05 Å². The van der Waals surface area contributed by atoms with Crippen molar-refractivity contribution in [2.75, 3.05) is 6.54 Å². The minimum Gasteiger partial charge on any atom is -0.345 e. The van der Waals surface area contributed by atoms with Crippen LogP contribution in [0.1, 0.15) is 37.7 Å². The Morgan fingerprint density at radius 3 is 2.45 bits per heavy atom. The predicted octanol–water partition coefficient (Wildman–Crippen LogP) is 3.15. The second-order valence-corrected chi connectivity index (χ2v) is 6.99. The van der Waals surface area contributed by atoms with Crippen molar-refractivity contribution < 1.29 is 14.4 Å². The molecule has 5 heteroatoms. The lowest BCUT2D eigenvalue weighted by Crippen LogP contribution is -2.31. The van der Waals surface area contributed by atoms with Gasteiger partial charge >= 0.3 is 0 Å². The number of hydrogen-bond acceptors (Lipinski definition) is 3. The molecule has 0 aliphatic rings. The van der Waals surface area contributed by atoms with Gasteiger partial charge in [0.25, 0.3) is 11.7 Å². The first-order chi connectivity index (χ1) is 13.8. The van der Waals surface area contributed by atoms with Crippen LogP contribution in [-0.2, 0) is 18.3 Å². The SMILES string of the molecule is C#CCNC(=O)C(=O)c1c(C)c(C(=O)Cc2ccc3ccccc3c2)n(C)c1C. The summed E-state index contributed by atoms with van der Waals surface area (Å²) in [6.07, 6.45) is 5.33. The zero-order valence-corrected chi connectivity index (χ0v) is 16.7. The maximum absolute atomic E-state index is 13.1. The number of Topliss-reactive ketones (excluding diaryl/α,β-unsaturated/α-hetero) is 2. The Morgan fingerprint density at radius 1 is 1.07 bits per heavy atom. The number of ketones is 2. The van der Waals surface area contributed by atoms with E-state index in [9.17, 15) is 14.4 Å². The molecule has 146 valence electrons. The number of carbonyl (C=O) groups is 3. The first kappa shape index (κ1) is 20.1. The molecule has 0 fully saturated rings. The number of rotatable bonds is 6. The molecule has 1 heterocycles. The number of aromatic nitrogens is 1. The van der Waals surface area contributed by atoms with E-state index in [1.807, 2.05) is 42.5 Å². The molecule has 1 amide bonds. The van der Waals surface area contributed by atoms with Gasteiger partial charge in [-0.1, -0.05) is 48.4 Å². The molecule has 0 aliphatic heterocycles. The molecule has 0 unspecified atom stereocenters. The number of nitrogens with zero attached hydrogens (tertiary/aromatic N) is 1. The third kappa shape index (κ3) is 3.83. The van der Waals surface area contributed by atoms with Gasteiger partial charge in [0.15, 0.2) is 5.78 Å². The van der Waals surface area contributed by atoms with Gasteiger partial charge in [-0.3, -0.25) is 14.4 Å². The van der Waals surface area contributed by atoms with Crippen molar-refractivity contribution in [1.29, 1.82) is 0 Å². The lowest BCUT2D eigenvalue weighted by atomic mass is 9.99. The smallest absolute Gasteiger partial charge is 0.293 e. The Balaban J connectivity index is 1.92. The first-order valence-electron chi connectivity index (χ1n) is 9.28. The van der Waals surface area contributed by atoms with E-state index in [0.717, 1.165) is 16.3 Å². The van der Waals surface area contributed by atoms with Crippen molar-refractivity contribution in [3.63, 3.8) is 0 Å². The lowest BCUT2D eigenvalue weighted by Gasteiger charge is -2.07. The molecule has 29 heavy (non-hydrogen) atoms. The summed E-state index contributed by atoms with van der Waals surface area (Å²) in [6.45, 7) is 3.40. The van der Waals surface area contributed by atoms with Gasteiger partial charge in [-0.05, 0) is 35.7 Å². The van der Waals surface area contributed by atoms with Crippen molar-refractivity contribution >= 4 is 28.2 Å². The molecule has 0 saturated carbocycles. The molecule has 3 aromatic rings. The maximum atomic E-state index is 13.1. The number of carbonyl (C=O) groups excluding carboxylic acids is 3. The van der Waals surface area contributed by atoms with Gasteiger partial charge in [-0.2, -0.15) is 0 Å². The topological polar surface area (TPSA) is 68.2 Å². The summed E-state index contributed by atoms with van der Waals surface area (Å²) < 4.78 is 1.68. The van der Waals surface area contributed by atoms with Crippen LogP contribution in [0.5, 0.6) is 0 Å². The van der Waals surface area contributed by atoms with Crippen molar-refractivity contribution in [2.45, 2.75) is 20.3 Å². The number of hydrogen-bond donors (Lipinski definition) is 1. The largest absolute Gasteiger partial charge is 0.345 e. The van der Waals surface area contributed by atoms with Gasteiger partial charge in [0.2, 0.25) is 0 Å².